The van der Waals surface area contributed by atoms with Gasteiger partial charge in [-0.1, -0.05) is 34.1 Å². The second kappa shape index (κ2) is 9.57. The van der Waals surface area contributed by atoms with E-state index in [2.05, 4.69) is 44.3 Å². The largest absolute Gasteiger partial charge is 0.494 e. The highest BCUT2D eigenvalue weighted by molar-refractivity contribution is 9.09. The Balaban J connectivity index is 1.46. The van der Waals surface area contributed by atoms with E-state index in [4.69, 9.17) is 4.74 Å². The van der Waals surface area contributed by atoms with Gasteiger partial charge in [0.2, 0.25) is 0 Å². The number of nitrogens with one attached hydrogen (secondary N) is 1. The summed E-state index contributed by atoms with van der Waals surface area (Å²) in [5, 5.41) is 3.96. The number of para-hydroxylation sites is 1. The molecule has 0 amide bonds. The Morgan fingerprint density at radius 1 is 1.11 bits per heavy atom. The fourth-order valence-corrected chi connectivity index (χ4v) is 4.49. The van der Waals surface area contributed by atoms with Crippen molar-refractivity contribution in [3.05, 3.63) is 54.1 Å². The molecule has 3 rings (SSSR count). The quantitative estimate of drug-likeness (QED) is 0.442. The van der Waals surface area contributed by atoms with E-state index in [0.717, 1.165) is 31.3 Å². The fraction of sp³-hybridized carbons (Fsp3) is 0.400. The molecule has 146 valence electrons. The summed E-state index contributed by atoms with van der Waals surface area (Å²) in [4.78, 5) is 2.61. The number of fused-ring (bicyclic) bond motifs is 1. The number of ether oxygens (including phenoxy) is 1. The highest BCUT2D eigenvalue weighted by Crippen LogP contribution is 2.26. The monoisotopic (exact) mass is 452 g/mol. The Kier molecular flexibility index (Phi) is 7.15. The molecule has 0 radical (unpaired) electrons. The maximum Gasteiger partial charge on any atom is 0.191 e. The zero-order valence-electron chi connectivity index (χ0n) is 15.2. The maximum absolute atomic E-state index is 12.5. The molecule has 5 nitrogen and oxygen atoms in total. The van der Waals surface area contributed by atoms with Crippen LogP contribution in [0.4, 0.5) is 5.69 Å². The van der Waals surface area contributed by atoms with Crippen molar-refractivity contribution in [2.24, 2.45) is 0 Å². The van der Waals surface area contributed by atoms with Crippen LogP contribution in [0.25, 0.3) is 0 Å². The molecule has 1 N–H and O–H groups in total. The van der Waals surface area contributed by atoms with Crippen LogP contribution in [0.3, 0.4) is 0 Å². The number of alkyl halides is 1. The molecule has 27 heavy (non-hydrogen) atoms. The van der Waals surface area contributed by atoms with Crippen LogP contribution in [0.5, 0.6) is 5.75 Å². The molecule has 0 saturated heterocycles. The first kappa shape index (κ1) is 20.2. The average molecular weight is 453 g/mol. The van der Waals surface area contributed by atoms with Crippen molar-refractivity contribution in [2.75, 3.05) is 42.3 Å². The number of anilines is 1. The van der Waals surface area contributed by atoms with Gasteiger partial charge < -0.3 is 15.0 Å². The van der Waals surface area contributed by atoms with E-state index >= 15 is 0 Å². The van der Waals surface area contributed by atoms with E-state index in [-0.39, 0.29) is 5.88 Å². The lowest BCUT2D eigenvalue weighted by Gasteiger charge is -2.19. The van der Waals surface area contributed by atoms with Gasteiger partial charge in [-0.3, -0.25) is 0 Å². The van der Waals surface area contributed by atoms with Crippen molar-refractivity contribution in [1.29, 1.82) is 0 Å². The van der Waals surface area contributed by atoms with Gasteiger partial charge in [0.05, 0.1) is 11.5 Å². The van der Waals surface area contributed by atoms with E-state index < -0.39 is 9.84 Å². The summed E-state index contributed by atoms with van der Waals surface area (Å²) in [7, 11) is -3.35. The van der Waals surface area contributed by atoms with E-state index in [1.54, 1.807) is 24.3 Å². The topological polar surface area (TPSA) is 58.6 Å². The van der Waals surface area contributed by atoms with Crippen molar-refractivity contribution in [3.63, 3.8) is 0 Å². The molecule has 0 aliphatic carbocycles. The summed E-state index contributed by atoms with van der Waals surface area (Å²) < 4.78 is 30.5. The molecule has 0 bridgehead atoms. The molecule has 1 heterocycles. The van der Waals surface area contributed by atoms with Crippen LogP contribution in [0.2, 0.25) is 0 Å². The molecule has 1 aliphatic rings. The third-order valence-electron chi connectivity index (χ3n) is 4.56. The first-order valence-electron chi connectivity index (χ1n) is 9.15. The lowest BCUT2D eigenvalue weighted by Crippen LogP contribution is -2.33. The van der Waals surface area contributed by atoms with Crippen LogP contribution in [0, 0.1) is 0 Å². The number of nitrogens with zero attached hydrogens (tertiary/aromatic N) is 1. The van der Waals surface area contributed by atoms with Gasteiger partial charge in [-0.25, -0.2) is 8.42 Å². The molecule has 7 heteroatoms. The van der Waals surface area contributed by atoms with Crippen molar-refractivity contribution in [3.8, 4) is 5.75 Å². The molecular formula is C20H25BrN2O3S. The second-order valence-corrected chi connectivity index (χ2v) is 9.27. The van der Waals surface area contributed by atoms with Gasteiger partial charge in [0.25, 0.3) is 0 Å². The van der Waals surface area contributed by atoms with Crippen molar-refractivity contribution in [2.45, 2.75) is 17.7 Å². The number of sulfone groups is 1. The Bertz CT molecular complexity index is 841. The van der Waals surface area contributed by atoms with Crippen LogP contribution < -0.4 is 15.0 Å². The van der Waals surface area contributed by atoms with Gasteiger partial charge in [0.1, 0.15) is 11.6 Å². The summed E-state index contributed by atoms with van der Waals surface area (Å²) in [6, 6.07) is 15.0. The Morgan fingerprint density at radius 2 is 1.89 bits per heavy atom. The molecule has 2 aromatic rings. The predicted molar refractivity (Wildman–Crippen MR) is 113 cm³/mol. The Labute approximate surface area is 169 Å². The molecule has 0 unspecified atom stereocenters. The van der Waals surface area contributed by atoms with Gasteiger partial charge in [-0.2, -0.15) is 0 Å². The van der Waals surface area contributed by atoms with E-state index in [1.807, 2.05) is 6.07 Å². The number of hydrogen-bond acceptors (Lipinski definition) is 5. The molecule has 0 atom stereocenters. The minimum Gasteiger partial charge on any atom is -0.494 e. The zero-order chi connectivity index (χ0) is 19.1. The fourth-order valence-electron chi connectivity index (χ4n) is 3.13. The van der Waals surface area contributed by atoms with E-state index in [1.165, 1.54) is 11.3 Å². The summed E-state index contributed by atoms with van der Waals surface area (Å²) >= 11 is 3.35. The number of rotatable bonds is 10. The van der Waals surface area contributed by atoms with Crippen molar-refractivity contribution < 1.29 is 13.2 Å². The minimum atomic E-state index is -3.35. The third-order valence-corrected chi connectivity index (χ3v) is 6.70. The van der Waals surface area contributed by atoms with Gasteiger partial charge >= 0.3 is 0 Å². The highest BCUT2D eigenvalue weighted by Gasteiger charge is 2.18. The molecular weight excluding hydrogens is 428 g/mol. The van der Waals surface area contributed by atoms with Gasteiger partial charge in [0, 0.05) is 30.7 Å². The second-order valence-electron chi connectivity index (χ2n) is 6.49. The molecule has 0 fully saturated rings. The SMILES string of the molecule is O=S(=O)(CNCCN1CCc2ccccc21)c1ccc(OCCCBr)cc1. The summed E-state index contributed by atoms with van der Waals surface area (Å²) in [6.45, 7) is 3.02. The van der Waals surface area contributed by atoms with Crippen molar-refractivity contribution >= 4 is 31.5 Å². The summed E-state index contributed by atoms with van der Waals surface area (Å²) in [6.07, 6.45) is 1.96. The van der Waals surface area contributed by atoms with Gasteiger partial charge in [-0.15, -0.1) is 0 Å². The normalized spacial score (nSPS) is 13.6. The highest BCUT2D eigenvalue weighted by atomic mass is 79.9. The molecule has 2 aromatic carbocycles. The maximum atomic E-state index is 12.5. The van der Waals surface area contributed by atoms with Crippen LogP contribution >= 0.6 is 15.9 Å². The van der Waals surface area contributed by atoms with E-state index in [0.29, 0.717) is 23.8 Å². The molecule has 0 saturated carbocycles. The minimum absolute atomic E-state index is 0.0632. The first-order chi connectivity index (χ1) is 13.1. The number of hydrogen-bond donors (Lipinski definition) is 1. The van der Waals surface area contributed by atoms with Crippen LogP contribution in [0.15, 0.2) is 53.4 Å². The van der Waals surface area contributed by atoms with E-state index in [9.17, 15) is 8.42 Å². The molecule has 1 aliphatic heterocycles. The van der Waals surface area contributed by atoms with Gasteiger partial charge in [-0.05, 0) is 48.7 Å². The summed E-state index contributed by atoms with van der Waals surface area (Å²) in [5.74, 6) is 0.627. The van der Waals surface area contributed by atoms with Crippen LogP contribution in [0.1, 0.15) is 12.0 Å². The van der Waals surface area contributed by atoms with Gasteiger partial charge in [0.15, 0.2) is 9.84 Å². The van der Waals surface area contributed by atoms with Crippen LogP contribution in [-0.2, 0) is 16.3 Å². The summed E-state index contributed by atoms with van der Waals surface area (Å²) in [5.41, 5.74) is 2.63. The Morgan fingerprint density at radius 3 is 2.67 bits per heavy atom. The Hall–Kier alpha value is -1.57. The first-order valence-corrected chi connectivity index (χ1v) is 11.9. The third kappa shape index (κ3) is 5.46. The molecule has 0 aromatic heterocycles. The standard InChI is InChI=1S/C20H25BrN2O3S/c21-11-3-15-26-18-6-8-19(9-7-18)27(24,25)16-22-12-14-23-13-10-17-4-1-2-5-20(17)23/h1-2,4-9,22H,3,10-16H2. The lowest BCUT2D eigenvalue weighted by atomic mass is 10.2. The number of benzene rings is 2. The average Bonchev–Trinajstić information content (AvgIpc) is 3.09. The smallest absolute Gasteiger partial charge is 0.191 e. The lowest BCUT2D eigenvalue weighted by molar-refractivity contribution is 0.319. The number of halogens is 1. The predicted octanol–water partition coefficient (Wildman–Crippen LogP) is 3.23. The van der Waals surface area contributed by atoms with Crippen LogP contribution in [-0.4, -0.2) is 45.9 Å². The molecule has 0 spiro atoms. The zero-order valence-corrected chi connectivity index (χ0v) is 17.6. The van der Waals surface area contributed by atoms with Crippen molar-refractivity contribution in [1.82, 2.24) is 5.32 Å².